The van der Waals surface area contributed by atoms with E-state index in [9.17, 15) is 9.59 Å². The second-order valence-electron chi connectivity index (χ2n) is 4.52. The second kappa shape index (κ2) is 6.51. The Bertz CT molecular complexity index is 247. The van der Waals surface area contributed by atoms with Crippen molar-refractivity contribution in [1.29, 1.82) is 0 Å². The number of hydrogen-bond acceptors (Lipinski definition) is 3. The molecule has 0 radical (unpaired) electrons. The van der Waals surface area contributed by atoms with E-state index in [4.69, 9.17) is 0 Å². The lowest BCUT2D eigenvalue weighted by Crippen LogP contribution is -2.39. The van der Waals surface area contributed by atoms with Crippen LogP contribution in [0.15, 0.2) is 0 Å². The molecule has 0 aromatic rings. The highest BCUT2D eigenvalue weighted by Crippen LogP contribution is 2.23. The van der Waals surface area contributed by atoms with Crippen molar-refractivity contribution in [3.05, 3.63) is 0 Å². The minimum atomic E-state index is -0.281. The quantitative estimate of drug-likeness (QED) is 0.743. The van der Waals surface area contributed by atoms with E-state index in [1.165, 1.54) is 13.5 Å². The molecule has 16 heavy (non-hydrogen) atoms. The molecule has 0 spiro atoms. The maximum Gasteiger partial charge on any atom is 0.307 e. The van der Waals surface area contributed by atoms with Gasteiger partial charge in [-0.3, -0.25) is 9.59 Å². The van der Waals surface area contributed by atoms with Gasteiger partial charge in [-0.2, -0.15) is 0 Å². The van der Waals surface area contributed by atoms with Crippen molar-refractivity contribution in [3.63, 3.8) is 0 Å². The van der Waals surface area contributed by atoms with Crippen LogP contribution < -0.4 is 5.32 Å². The molecule has 4 nitrogen and oxygen atoms in total. The minimum Gasteiger partial charge on any atom is -0.469 e. The maximum absolute atomic E-state index is 11.8. The molecule has 0 bridgehead atoms. The molecule has 1 N–H and O–H groups in total. The molecule has 0 saturated heterocycles. The van der Waals surface area contributed by atoms with E-state index >= 15 is 0 Å². The monoisotopic (exact) mass is 227 g/mol. The van der Waals surface area contributed by atoms with Crippen LogP contribution >= 0.6 is 0 Å². The zero-order valence-electron chi connectivity index (χ0n) is 10.1. The molecule has 0 heterocycles. The van der Waals surface area contributed by atoms with Crippen LogP contribution in [0.2, 0.25) is 0 Å². The summed E-state index contributed by atoms with van der Waals surface area (Å²) in [5.41, 5.74) is 0. The van der Waals surface area contributed by atoms with Crippen molar-refractivity contribution in [1.82, 2.24) is 5.32 Å². The van der Waals surface area contributed by atoms with E-state index in [2.05, 4.69) is 10.1 Å². The Hall–Kier alpha value is -1.06. The third kappa shape index (κ3) is 4.21. The molecule has 1 amide bonds. The average molecular weight is 227 g/mol. The normalized spacial score (nSPS) is 18.9. The molecule has 1 fully saturated rings. The summed E-state index contributed by atoms with van der Waals surface area (Å²) in [5, 5.41) is 2.88. The van der Waals surface area contributed by atoms with Crippen LogP contribution in [0.4, 0.5) is 0 Å². The van der Waals surface area contributed by atoms with Gasteiger partial charge in [0.25, 0.3) is 0 Å². The first-order valence-corrected chi connectivity index (χ1v) is 6.00. The zero-order valence-corrected chi connectivity index (χ0v) is 10.1. The number of ether oxygens (including phenoxy) is 1. The highest BCUT2D eigenvalue weighted by Gasteiger charge is 2.22. The number of esters is 1. The summed E-state index contributed by atoms with van der Waals surface area (Å²) in [7, 11) is 1.36. The average Bonchev–Trinajstić information content (AvgIpc) is 2.29. The third-order valence-electron chi connectivity index (χ3n) is 3.07. The molecular formula is C12H21NO3. The molecule has 1 aliphatic rings. The fraction of sp³-hybridized carbons (Fsp3) is 0.833. The molecule has 1 unspecified atom stereocenters. The number of amides is 1. The van der Waals surface area contributed by atoms with Gasteiger partial charge in [0.15, 0.2) is 0 Å². The van der Waals surface area contributed by atoms with Gasteiger partial charge >= 0.3 is 5.97 Å². The molecule has 1 rings (SSSR count). The minimum absolute atomic E-state index is 0.0936. The first-order chi connectivity index (χ1) is 7.63. The molecule has 0 aliphatic heterocycles. The number of nitrogens with one attached hydrogen (secondary N) is 1. The first kappa shape index (κ1) is 13.0. The SMILES string of the molecule is COC(=O)CC(C)NC(=O)C1CCCCC1. The predicted octanol–water partition coefficient (Wildman–Crippen LogP) is 1.63. The molecule has 0 aromatic heterocycles. The Morgan fingerprint density at radius 3 is 2.50 bits per heavy atom. The van der Waals surface area contributed by atoms with Crippen molar-refractivity contribution in [2.24, 2.45) is 5.92 Å². The van der Waals surface area contributed by atoms with Crippen LogP contribution in [0.1, 0.15) is 45.4 Å². The topological polar surface area (TPSA) is 55.4 Å². The number of rotatable bonds is 4. The van der Waals surface area contributed by atoms with E-state index in [1.54, 1.807) is 0 Å². The standard InChI is InChI=1S/C12H21NO3/c1-9(8-11(14)16-2)13-12(15)10-6-4-3-5-7-10/h9-10H,3-8H2,1-2H3,(H,13,15). The Morgan fingerprint density at radius 1 is 1.31 bits per heavy atom. The molecule has 1 aliphatic carbocycles. The number of methoxy groups -OCH3 is 1. The molecule has 92 valence electrons. The van der Waals surface area contributed by atoms with Crippen molar-refractivity contribution < 1.29 is 14.3 Å². The van der Waals surface area contributed by atoms with Crippen molar-refractivity contribution >= 4 is 11.9 Å². The Labute approximate surface area is 96.7 Å². The van der Waals surface area contributed by atoms with Crippen LogP contribution in [-0.2, 0) is 14.3 Å². The summed E-state index contributed by atoms with van der Waals surface area (Å²) in [5.74, 6) is -0.0404. The fourth-order valence-corrected chi connectivity index (χ4v) is 2.11. The predicted molar refractivity (Wildman–Crippen MR) is 60.8 cm³/mol. The van der Waals surface area contributed by atoms with Crippen LogP contribution in [0.3, 0.4) is 0 Å². The van der Waals surface area contributed by atoms with Gasteiger partial charge in [0.05, 0.1) is 13.5 Å². The Morgan fingerprint density at radius 2 is 1.94 bits per heavy atom. The highest BCUT2D eigenvalue weighted by atomic mass is 16.5. The van der Waals surface area contributed by atoms with Crippen molar-refractivity contribution in [3.8, 4) is 0 Å². The van der Waals surface area contributed by atoms with Crippen molar-refractivity contribution in [2.45, 2.75) is 51.5 Å². The van der Waals surface area contributed by atoms with E-state index < -0.39 is 0 Å². The third-order valence-corrected chi connectivity index (χ3v) is 3.07. The van der Waals surface area contributed by atoms with Gasteiger partial charge in [0.1, 0.15) is 0 Å². The molecule has 1 saturated carbocycles. The van der Waals surface area contributed by atoms with Crippen LogP contribution in [-0.4, -0.2) is 25.0 Å². The van der Waals surface area contributed by atoms with Crippen LogP contribution in [0.5, 0.6) is 0 Å². The van der Waals surface area contributed by atoms with Gasteiger partial charge in [-0.15, -0.1) is 0 Å². The lowest BCUT2D eigenvalue weighted by atomic mass is 9.88. The van der Waals surface area contributed by atoms with Crippen LogP contribution in [0, 0.1) is 5.92 Å². The van der Waals surface area contributed by atoms with Gasteiger partial charge in [0.2, 0.25) is 5.91 Å². The Balaban J connectivity index is 2.29. The summed E-state index contributed by atoms with van der Waals surface area (Å²) in [6.45, 7) is 1.83. The largest absolute Gasteiger partial charge is 0.469 e. The van der Waals surface area contributed by atoms with Crippen molar-refractivity contribution in [2.75, 3.05) is 7.11 Å². The van der Waals surface area contributed by atoms with Gasteiger partial charge < -0.3 is 10.1 Å². The van der Waals surface area contributed by atoms with E-state index in [1.807, 2.05) is 6.92 Å². The van der Waals surface area contributed by atoms with Crippen LogP contribution in [0.25, 0.3) is 0 Å². The lowest BCUT2D eigenvalue weighted by molar-refractivity contribution is -0.141. The second-order valence-corrected chi connectivity index (χ2v) is 4.52. The van der Waals surface area contributed by atoms with E-state index in [0.717, 1.165) is 25.7 Å². The molecule has 4 heteroatoms. The molecular weight excluding hydrogens is 206 g/mol. The van der Waals surface area contributed by atoms with E-state index in [0.29, 0.717) is 0 Å². The first-order valence-electron chi connectivity index (χ1n) is 6.00. The molecule has 1 atom stereocenters. The Kier molecular flexibility index (Phi) is 5.29. The highest BCUT2D eigenvalue weighted by molar-refractivity contribution is 5.80. The summed E-state index contributed by atoms with van der Waals surface area (Å²) in [6.07, 6.45) is 5.73. The van der Waals surface area contributed by atoms with Gasteiger partial charge in [-0.05, 0) is 19.8 Å². The smallest absolute Gasteiger partial charge is 0.307 e. The number of hydrogen-bond donors (Lipinski definition) is 1. The lowest BCUT2D eigenvalue weighted by Gasteiger charge is -2.22. The fourth-order valence-electron chi connectivity index (χ4n) is 2.11. The zero-order chi connectivity index (χ0) is 12.0. The summed E-state index contributed by atoms with van der Waals surface area (Å²) in [6, 6.07) is -0.137. The maximum atomic E-state index is 11.8. The van der Waals surface area contributed by atoms with Gasteiger partial charge in [-0.1, -0.05) is 19.3 Å². The number of carbonyl (C=O) groups is 2. The summed E-state index contributed by atoms with van der Waals surface area (Å²) in [4.78, 5) is 22.8. The summed E-state index contributed by atoms with van der Waals surface area (Å²) < 4.78 is 4.56. The van der Waals surface area contributed by atoms with E-state index in [-0.39, 0.29) is 30.3 Å². The molecule has 0 aromatic carbocycles. The van der Waals surface area contributed by atoms with Gasteiger partial charge in [-0.25, -0.2) is 0 Å². The number of carbonyl (C=O) groups excluding carboxylic acids is 2. The van der Waals surface area contributed by atoms with Gasteiger partial charge in [0, 0.05) is 12.0 Å². The summed E-state index contributed by atoms with van der Waals surface area (Å²) >= 11 is 0.